The molecule has 1 fully saturated rings. The number of halogens is 2. The standard InChI is InChI=1S/C14H20F2N4O3/c1-19(2-3-20-4-5-22-8-13(20)21)11-7-12(23-14(15)16)10(18)6-9(11)17/h6-7,14H,2-5,8,17-18H2,1H3. The summed E-state index contributed by atoms with van der Waals surface area (Å²) in [7, 11) is 1.75. The smallest absolute Gasteiger partial charge is 0.387 e. The molecular formula is C14H20F2N4O3. The van der Waals surface area contributed by atoms with Gasteiger partial charge in [0.05, 0.1) is 23.7 Å². The molecule has 0 aliphatic carbocycles. The molecule has 1 aliphatic heterocycles. The molecule has 0 bridgehead atoms. The number of alkyl halides is 2. The first-order valence-electron chi connectivity index (χ1n) is 7.09. The summed E-state index contributed by atoms with van der Waals surface area (Å²) in [6, 6.07) is 2.75. The first-order valence-corrected chi connectivity index (χ1v) is 7.09. The number of anilines is 3. The maximum atomic E-state index is 12.4. The van der Waals surface area contributed by atoms with Crippen molar-refractivity contribution < 1.29 is 23.0 Å². The van der Waals surface area contributed by atoms with Crippen molar-refractivity contribution in [1.29, 1.82) is 0 Å². The summed E-state index contributed by atoms with van der Waals surface area (Å²) < 4.78 is 34.2. The molecule has 2 rings (SSSR count). The number of ether oxygens (including phenoxy) is 2. The summed E-state index contributed by atoms with van der Waals surface area (Å²) in [6.07, 6.45) is 0. The molecule has 1 aliphatic rings. The molecule has 7 nitrogen and oxygen atoms in total. The Morgan fingerprint density at radius 1 is 1.39 bits per heavy atom. The highest BCUT2D eigenvalue weighted by Crippen LogP contribution is 2.34. The Morgan fingerprint density at radius 2 is 2.13 bits per heavy atom. The van der Waals surface area contributed by atoms with Gasteiger partial charge in [-0.15, -0.1) is 0 Å². The Balaban J connectivity index is 2.05. The van der Waals surface area contributed by atoms with Crippen molar-refractivity contribution >= 4 is 23.0 Å². The normalized spacial score (nSPS) is 15.1. The van der Waals surface area contributed by atoms with Gasteiger partial charge in [-0.2, -0.15) is 8.78 Å². The average Bonchev–Trinajstić information content (AvgIpc) is 2.48. The molecule has 0 spiro atoms. The fourth-order valence-corrected chi connectivity index (χ4v) is 2.31. The zero-order valence-corrected chi connectivity index (χ0v) is 12.8. The van der Waals surface area contributed by atoms with Gasteiger partial charge in [0, 0.05) is 32.7 Å². The van der Waals surface area contributed by atoms with E-state index >= 15 is 0 Å². The zero-order valence-electron chi connectivity index (χ0n) is 12.8. The molecule has 0 radical (unpaired) electrons. The Morgan fingerprint density at radius 3 is 2.78 bits per heavy atom. The van der Waals surface area contributed by atoms with E-state index in [1.54, 1.807) is 16.8 Å². The number of nitrogens with zero attached hydrogens (tertiary/aromatic N) is 2. The third-order valence-electron chi connectivity index (χ3n) is 3.58. The molecule has 1 amide bonds. The largest absolute Gasteiger partial charge is 0.433 e. The van der Waals surface area contributed by atoms with Gasteiger partial charge in [-0.25, -0.2) is 0 Å². The van der Waals surface area contributed by atoms with Crippen LogP contribution in [-0.2, 0) is 9.53 Å². The second-order valence-electron chi connectivity index (χ2n) is 5.18. The van der Waals surface area contributed by atoms with E-state index in [1.165, 1.54) is 12.1 Å². The van der Waals surface area contributed by atoms with E-state index in [0.717, 1.165) is 0 Å². The molecule has 9 heteroatoms. The highest BCUT2D eigenvalue weighted by Gasteiger charge is 2.19. The van der Waals surface area contributed by atoms with Gasteiger partial charge in [-0.1, -0.05) is 0 Å². The van der Waals surface area contributed by atoms with Gasteiger partial charge in [0.25, 0.3) is 0 Å². The van der Waals surface area contributed by atoms with E-state index in [4.69, 9.17) is 16.2 Å². The molecule has 0 unspecified atom stereocenters. The predicted octanol–water partition coefficient (Wildman–Crippen LogP) is 0.747. The van der Waals surface area contributed by atoms with Crippen LogP contribution in [0.2, 0.25) is 0 Å². The summed E-state index contributed by atoms with van der Waals surface area (Å²) in [6.45, 7) is -0.887. The monoisotopic (exact) mass is 330 g/mol. The number of carbonyl (C=O) groups excluding carboxylic acids is 1. The van der Waals surface area contributed by atoms with Gasteiger partial charge in [0.2, 0.25) is 5.91 Å². The molecule has 0 atom stereocenters. The number of likely N-dealkylation sites (N-methyl/N-ethyl adjacent to an activating group) is 1. The summed E-state index contributed by atoms with van der Waals surface area (Å²) in [5, 5.41) is 0. The topological polar surface area (TPSA) is 94.0 Å². The van der Waals surface area contributed by atoms with Crippen LogP contribution in [0.25, 0.3) is 0 Å². The third-order valence-corrected chi connectivity index (χ3v) is 3.58. The molecule has 1 aromatic rings. The second kappa shape index (κ2) is 7.32. The maximum absolute atomic E-state index is 12.4. The van der Waals surface area contributed by atoms with Gasteiger partial charge in [0.15, 0.2) is 5.75 Å². The van der Waals surface area contributed by atoms with Crippen molar-refractivity contribution in [1.82, 2.24) is 4.90 Å². The minimum atomic E-state index is -2.97. The van der Waals surface area contributed by atoms with Crippen LogP contribution in [0.1, 0.15) is 0 Å². The number of morpholine rings is 1. The van der Waals surface area contributed by atoms with Crippen LogP contribution in [0.3, 0.4) is 0 Å². The van der Waals surface area contributed by atoms with Crippen LogP contribution in [0.4, 0.5) is 25.8 Å². The van der Waals surface area contributed by atoms with E-state index in [0.29, 0.717) is 37.6 Å². The molecule has 4 N–H and O–H groups in total. The lowest BCUT2D eigenvalue weighted by Gasteiger charge is -2.30. The highest BCUT2D eigenvalue weighted by atomic mass is 19.3. The fraction of sp³-hybridized carbons (Fsp3) is 0.500. The van der Waals surface area contributed by atoms with Crippen LogP contribution >= 0.6 is 0 Å². The summed E-state index contributed by atoms with van der Waals surface area (Å²) in [4.78, 5) is 15.1. The van der Waals surface area contributed by atoms with Crippen molar-refractivity contribution in [3.05, 3.63) is 12.1 Å². The van der Waals surface area contributed by atoms with Gasteiger partial charge in [-0.3, -0.25) is 4.79 Å². The number of benzene rings is 1. The van der Waals surface area contributed by atoms with Gasteiger partial charge in [0.1, 0.15) is 6.61 Å². The number of nitrogens with two attached hydrogens (primary N) is 2. The van der Waals surface area contributed by atoms with E-state index in [2.05, 4.69) is 4.74 Å². The predicted molar refractivity (Wildman–Crippen MR) is 82.6 cm³/mol. The lowest BCUT2D eigenvalue weighted by molar-refractivity contribution is -0.142. The van der Waals surface area contributed by atoms with Crippen LogP contribution in [-0.4, -0.2) is 57.3 Å². The molecule has 23 heavy (non-hydrogen) atoms. The van der Waals surface area contributed by atoms with E-state index in [1.807, 2.05) is 0 Å². The number of rotatable bonds is 6. The van der Waals surface area contributed by atoms with Crippen molar-refractivity contribution in [3.63, 3.8) is 0 Å². The van der Waals surface area contributed by atoms with E-state index < -0.39 is 6.61 Å². The molecule has 1 heterocycles. The Bertz CT molecular complexity index is 571. The first-order chi connectivity index (χ1) is 10.9. The minimum absolute atomic E-state index is 0.0447. The SMILES string of the molecule is CN(CCN1CCOCC1=O)c1cc(OC(F)F)c(N)cc1N. The van der Waals surface area contributed by atoms with Gasteiger partial charge >= 0.3 is 6.61 Å². The molecule has 0 saturated carbocycles. The third kappa shape index (κ3) is 4.35. The molecule has 1 aromatic carbocycles. The second-order valence-corrected chi connectivity index (χ2v) is 5.18. The summed E-state index contributed by atoms with van der Waals surface area (Å²) in [5.74, 6) is -0.199. The Hall–Kier alpha value is -2.29. The zero-order chi connectivity index (χ0) is 17.0. The fourth-order valence-electron chi connectivity index (χ4n) is 2.31. The van der Waals surface area contributed by atoms with Crippen molar-refractivity contribution in [3.8, 4) is 5.75 Å². The number of hydrogen-bond acceptors (Lipinski definition) is 6. The quantitative estimate of drug-likeness (QED) is 0.748. The van der Waals surface area contributed by atoms with Crippen molar-refractivity contribution in [2.24, 2.45) is 0 Å². The Labute approximate surface area is 132 Å². The first kappa shape index (κ1) is 17.1. The minimum Gasteiger partial charge on any atom is -0.433 e. The number of hydrogen-bond donors (Lipinski definition) is 2. The van der Waals surface area contributed by atoms with Crippen LogP contribution in [0.15, 0.2) is 12.1 Å². The van der Waals surface area contributed by atoms with Crippen LogP contribution < -0.4 is 21.1 Å². The highest BCUT2D eigenvalue weighted by molar-refractivity contribution is 5.78. The summed E-state index contributed by atoms with van der Waals surface area (Å²) >= 11 is 0. The van der Waals surface area contributed by atoms with Gasteiger partial charge in [-0.05, 0) is 6.07 Å². The van der Waals surface area contributed by atoms with Crippen molar-refractivity contribution in [2.45, 2.75) is 6.61 Å². The molecule has 0 aromatic heterocycles. The van der Waals surface area contributed by atoms with Crippen LogP contribution in [0.5, 0.6) is 5.75 Å². The number of amides is 1. The number of nitrogen functional groups attached to an aromatic ring is 2. The number of carbonyl (C=O) groups is 1. The summed E-state index contributed by atoms with van der Waals surface area (Å²) in [5.41, 5.74) is 12.4. The lowest BCUT2D eigenvalue weighted by Crippen LogP contribution is -2.45. The average molecular weight is 330 g/mol. The molecular weight excluding hydrogens is 310 g/mol. The van der Waals surface area contributed by atoms with Crippen molar-refractivity contribution in [2.75, 3.05) is 56.3 Å². The van der Waals surface area contributed by atoms with Crippen LogP contribution in [0, 0.1) is 0 Å². The molecule has 128 valence electrons. The van der Waals surface area contributed by atoms with E-state index in [-0.39, 0.29) is 24.0 Å². The molecule has 1 saturated heterocycles. The van der Waals surface area contributed by atoms with Gasteiger partial charge < -0.3 is 30.7 Å². The van der Waals surface area contributed by atoms with E-state index in [9.17, 15) is 13.6 Å². The Kier molecular flexibility index (Phi) is 5.43. The lowest BCUT2D eigenvalue weighted by atomic mass is 10.2. The maximum Gasteiger partial charge on any atom is 0.387 e.